The van der Waals surface area contributed by atoms with Gasteiger partial charge < -0.3 is 10.1 Å². The van der Waals surface area contributed by atoms with Crippen molar-refractivity contribution in [3.63, 3.8) is 0 Å². The monoisotopic (exact) mass is 233 g/mol. The van der Waals surface area contributed by atoms with E-state index in [1.807, 2.05) is 0 Å². The summed E-state index contributed by atoms with van der Waals surface area (Å²) in [5.74, 6) is 0.579. The Morgan fingerprint density at radius 1 is 1.57 bits per heavy atom. The molecule has 0 unspecified atom stereocenters. The van der Waals surface area contributed by atoms with Gasteiger partial charge in [-0.1, -0.05) is 11.3 Å². The van der Waals surface area contributed by atoms with Crippen LogP contribution in [0.15, 0.2) is 5.51 Å². The molecule has 1 aromatic rings. The molecule has 0 bridgehead atoms. The fourth-order valence-electron chi connectivity index (χ4n) is 1.51. The first-order valence-electron chi connectivity index (χ1n) is 4.53. The van der Waals surface area contributed by atoms with Crippen LogP contribution < -0.4 is 5.32 Å². The Kier molecular flexibility index (Phi) is 3.20. The van der Waals surface area contributed by atoms with Crippen molar-refractivity contribution >= 4 is 28.1 Å². The van der Waals surface area contributed by atoms with E-state index in [1.54, 1.807) is 5.51 Å². The van der Waals surface area contributed by atoms with Crippen molar-refractivity contribution in [1.29, 1.82) is 0 Å². The van der Waals surface area contributed by atoms with Gasteiger partial charge in [0.2, 0.25) is 5.13 Å². The Balaban J connectivity index is 2.04. The first-order valence-corrected chi connectivity index (χ1v) is 5.94. The topological polar surface area (TPSA) is 47.0 Å². The molecule has 0 amide bonds. The largest absolute Gasteiger partial charge is 0.381 e. The number of hydrogen-bond donors (Lipinski definition) is 1. The zero-order valence-electron chi connectivity index (χ0n) is 7.70. The SMILES string of the molecule is ClCC1(Nc2nncs2)CCOCC1. The molecule has 0 atom stereocenters. The van der Waals surface area contributed by atoms with Crippen molar-refractivity contribution < 1.29 is 4.74 Å². The summed E-state index contributed by atoms with van der Waals surface area (Å²) in [4.78, 5) is 0. The molecule has 2 heterocycles. The van der Waals surface area contributed by atoms with E-state index >= 15 is 0 Å². The molecule has 0 radical (unpaired) electrons. The molecule has 0 saturated carbocycles. The molecule has 1 saturated heterocycles. The predicted octanol–water partition coefficient (Wildman–Crippen LogP) is 1.74. The third-order valence-corrected chi connectivity index (χ3v) is 3.56. The zero-order valence-corrected chi connectivity index (χ0v) is 9.27. The number of nitrogens with zero attached hydrogens (tertiary/aromatic N) is 2. The van der Waals surface area contributed by atoms with Crippen LogP contribution in [0.1, 0.15) is 12.8 Å². The predicted molar refractivity (Wildman–Crippen MR) is 57.0 cm³/mol. The lowest BCUT2D eigenvalue weighted by Crippen LogP contribution is -2.45. The van der Waals surface area contributed by atoms with E-state index in [4.69, 9.17) is 16.3 Å². The summed E-state index contributed by atoms with van der Waals surface area (Å²) in [7, 11) is 0. The van der Waals surface area contributed by atoms with Crippen molar-refractivity contribution in [3.8, 4) is 0 Å². The molecule has 1 aliphatic rings. The maximum atomic E-state index is 5.99. The number of rotatable bonds is 3. The number of halogens is 1. The van der Waals surface area contributed by atoms with Crippen LogP contribution in [-0.4, -0.2) is 34.8 Å². The lowest BCUT2D eigenvalue weighted by Gasteiger charge is -2.35. The summed E-state index contributed by atoms with van der Waals surface area (Å²) in [6.45, 7) is 1.52. The second-order valence-electron chi connectivity index (χ2n) is 3.40. The molecule has 1 aromatic heterocycles. The van der Waals surface area contributed by atoms with Crippen molar-refractivity contribution in [2.75, 3.05) is 24.4 Å². The smallest absolute Gasteiger partial charge is 0.205 e. The second kappa shape index (κ2) is 4.42. The summed E-state index contributed by atoms with van der Waals surface area (Å²) < 4.78 is 5.31. The van der Waals surface area contributed by atoms with Gasteiger partial charge in [0.1, 0.15) is 5.51 Å². The van der Waals surface area contributed by atoms with Gasteiger partial charge >= 0.3 is 0 Å². The zero-order chi connectivity index (χ0) is 9.86. The summed E-state index contributed by atoms with van der Waals surface area (Å²) in [5, 5.41) is 11.9. The van der Waals surface area contributed by atoms with E-state index in [9.17, 15) is 0 Å². The molecule has 78 valence electrons. The van der Waals surface area contributed by atoms with E-state index in [0.717, 1.165) is 31.2 Å². The third-order valence-electron chi connectivity index (χ3n) is 2.44. The fourth-order valence-corrected chi connectivity index (χ4v) is 2.41. The van der Waals surface area contributed by atoms with E-state index in [1.165, 1.54) is 11.3 Å². The van der Waals surface area contributed by atoms with Gasteiger partial charge in [-0.25, -0.2) is 0 Å². The minimum atomic E-state index is -0.0562. The van der Waals surface area contributed by atoms with E-state index in [0.29, 0.717) is 5.88 Å². The lowest BCUT2D eigenvalue weighted by atomic mass is 9.93. The fraction of sp³-hybridized carbons (Fsp3) is 0.750. The number of hydrogen-bond acceptors (Lipinski definition) is 5. The Labute approximate surface area is 91.6 Å². The summed E-state index contributed by atoms with van der Waals surface area (Å²) in [5.41, 5.74) is 1.66. The molecule has 0 spiro atoms. The van der Waals surface area contributed by atoms with Crippen LogP contribution in [0.3, 0.4) is 0 Å². The average molecular weight is 234 g/mol. The number of alkyl halides is 1. The van der Waals surface area contributed by atoms with Gasteiger partial charge in [-0.3, -0.25) is 0 Å². The second-order valence-corrected chi connectivity index (χ2v) is 4.50. The average Bonchev–Trinajstić information content (AvgIpc) is 2.72. The highest BCUT2D eigenvalue weighted by atomic mass is 35.5. The molecule has 1 N–H and O–H groups in total. The molecule has 14 heavy (non-hydrogen) atoms. The Morgan fingerprint density at radius 3 is 2.93 bits per heavy atom. The first kappa shape index (κ1) is 10.1. The van der Waals surface area contributed by atoms with Crippen LogP contribution in [0.4, 0.5) is 5.13 Å². The van der Waals surface area contributed by atoms with E-state index < -0.39 is 0 Å². The summed E-state index contributed by atoms with van der Waals surface area (Å²) in [6, 6.07) is 0. The van der Waals surface area contributed by atoms with Crippen molar-refractivity contribution in [3.05, 3.63) is 5.51 Å². The third kappa shape index (κ3) is 2.16. The summed E-state index contributed by atoms with van der Waals surface area (Å²) >= 11 is 7.49. The van der Waals surface area contributed by atoms with Gasteiger partial charge in [0, 0.05) is 19.1 Å². The molecule has 4 nitrogen and oxygen atoms in total. The lowest BCUT2D eigenvalue weighted by molar-refractivity contribution is 0.0667. The maximum Gasteiger partial charge on any atom is 0.205 e. The van der Waals surface area contributed by atoms with Gasteiger partial charge in [-0.15, -0.1) is 21.8 Å². The van der Waals surface area contributed by atoms with Crippen LogP contribution in [0.2, 0.25) is 0 Å². The van der Waals surface area contributed by atoms with Gasteiger partial charge in [0.05, 0.1) is 5.54 Å². The molecular weight excluding hydrogens is 222 g/mol. The van der Waals surface area contributed by atoms with Crippen LogP contribution in [0, 0.1) is 0 Å². The minimum absolute atomic E-state index is 0.0562. The number of nitrogens with one attached hydrogen (secondary N) is 1. The molecular formula is C8H12ClN3OS. The normalized spacial score (nSPS) is 20.6. The molecule has 0 aromatic carbocycles. The van der Waals surface area contributed by atoms with Crippen LogP contribution in [0.5, 0.6) is 0 Å². The quantitative estimate of drug-likeness (QED) is 0.808. The van der Waals surface area contributed by atoms with Crippen LogP contribution in [-0.2, 0) is 4.74 Å². The molecule has 1 aliphatic heterocycles. The molecule has 1 fully saturated rings. The molecule has 6 heteroatoms. The van der Waals surface area contributed by atoms with Gasteiger partial charge in [-0.2, -0.15) is 0 Å². The van der Waals surface area contributed by atoms with Gasteiger partial charge in [0.15, 0.2) is 0 Å². The van der Waals surface area contributed by atoms with Gasteiger partial charge in [0.25, 0.3) is 0 Å². The van der Waals surface area contributed by atoms with Gasteiger partial charge in [-0.05, 0) is 12.8 Å². The minimum Gasteiger partial charge on any atom is -0.381 e. The highest BCUT2D eigenvalue weighted by Gasteiger charge is 2.32. The number of ether oxygens (including phenoxy) is 1. The maximum absolute atomic E-state index is 5.99. The van der Waals surface area contributed by atoms with E-state index in [2.05, 4.69) is 15.5 Å². The van der Waals surface area contributed by atoms with E-state index in [-0.39, 0.29) is 5.54 Å². The molecule has 2 rings (SSSR count). The van der Waals surface area contributed by atoms with Crippen molar-refractivity contribution in [1.82, 2.24) is 10.2 Å². The number of anilines is 1. The Morgan fingerprint density at radius 2 is 2.36 bits per heavy atom. The first-order chi connectivity index (χ1) is 6.85. The van der Waals surface area contributed by atoms with Crippen LogP contribution in [0.25, 0.3) is 0 Å². The Bertz CT molecular complexity index is 274. The Hall–Kier alpha value is -0.390. The summed E-state index contributed by atoms with van der Waals surface area (Å²) in [6.07, 6.45) is 1.85. The van der Waals surface area contributed by atoms with Crippen molar-refractivity contribution in [2.24, 2.45) is 0 Å². The van der Waals surface area contributed by atoms with Crippen molar-refractivity contribution in [2.45, 2.75) is 18.4 Å². The number of aromatic nitrogens is 2. The highest BCUT2D eigenvalue weighted by molar-refractivity contribution is 7.13. The standard InChI is InChI=1S/C8H12ClN3OS/c9-5-8(1-3-13-4-2-8)11-7-12-10-6-14-7/h6H,1-5H2,(H,11,12). The highest BCUT2D eigenvalue weighted by Crippen LogP contribution is 2.27. The molecule has 0 aliphatic carbocycles. The van der Waals surface area contributed by atoms with Crippen LogP contribution >= 0.6 is 22.9 Å².